The van der Waals surface area contributed by atoms with Gasteiger partial charge in [-0.2, -0.15) is 0 Å². The van der Waals surface area contributed by atoms with E-state index >= 15 is 0 Å². The molecule has 31 heavy (non-hydrogen) atoms. The van der Waals surface area contributed by atoms with E-state index in [9.17, 15) is 22.8 Å². The molecule has 0 spiro atoms. The lowest BCUT2D eigenvalue weighted by molar-refractivity contribution is 0.0992. The van der Waals surface area contributed by atoms with Crippen LogP contribution in [0.5, 0.6) is 0 Å². The molecule has 0 radical (unpaired) electrons. The molecule has 2 atom stereocenters. The van der Waals surface area contributed by atoms with E-state index < -0.39 is 32.1 Å². The first-order valence-electron chi connectivity index (χ1n) is 9.49. The minimum absolute atomic E-state index is 0.00600. The van der Waals surface area contributed by atoms with Crippen LogP contribution in [0.25, 0.3) is 0 Å². The summed E-state index contributed by atoms with van der Waals surface area (Å²) in [6, 6.07) is 0. The van der Waals surface area contributed by atoms with E-state index in [2.05, 4.69) is 16.8 Å². The molecule has 1 saturated heterocycles. The molecule has 1 fully saturated rings. The Morgan fingerprint density at radius 1 is 1.32 bits per heavy atom. The smallest absolute Gasteiger partial charge is 0.332 e. The SMILES string of the molecule is C=CCn1c(S[C@@H](C)C(=O)c2c(N)n(C)c(=O)n(C)c2=O)nnc1[C@@H]1CCS(=O)(=O)C1. The van der Waals surface area contributed by atoms with E-state index in [1.54, 1.807) is 17.6 Å². The van der Waals surface area contributed by atoms with Crippen molar-refractivity contribution < 1.29 is 13.2 Å². The molecular weight excluding hydrogens is 444 g/mol. The van der Waals surface area contributed by atoms with Crippen LogP contribution < -0.4 is 17.0 Å². The molecule has 11 nitrogen and oxygen atoms in total. The minimum Gasteiger partial charge on any atom is -0.384 e. The lowest BCUT2D eigenvalue weighted by atomic mass is 10.1. The van der Waals surface area contributed by atoms with Crippen LogP contribution >= 0.6 is 11.8 Å². The fourth-order valence-electron chi connectivity index (χ4n) is 3.49. The second kappa shape index (κ2) is 8.46. The number of carbonyl (C=O) groups excluding carboxylic acids is 1. The third kappa shape index (κ3) is 4.24. The van der Waals surface area contributed by atoms with Gasteiger partial charge in [0.1, 0.15) is 17.2 Å². The molecule has 168 valence electrons. The Balaban J connectivity index is 1.93. The van der Waals surface area contributed by atoms with Gasteiger partial charge in [0.2, 0.25) is 0 Å². The highest BCUT2D eigenvalue weighted by Crippen LogP contribution is 2.32. The van der Waals surface area contributed by atoms with Gasteiger partial charge in [0.05, 0.1) is 16.8 Å². The predicted octanol–water partition coefficient (Wildman–Crippen LogP) is -0.291. The third-order valence-electron chi connectivity index (χ3n) is 5.26. The molecule has 1 aliphatic rings. The Bertz CT molecular complexity index is 1270. The zero-order chi connectivity index (χ0) is 23.1. The highest BCUT2D eigenvalue weighted by molar-refractivity contribution is 8.00. The number of anilines is 1. The molecular formula is C18H24N6O5S2. The van der Waals surface area contributed by atoms with Gasteiger partial charge in [-0.1, -0.05) is 17.8 Å². The largest absolute Gasteiger partial charge is 0.384 e. The molecule has 2 N–H and O–H groups in total. The lowest BCUT2D eigenvalue weighted by Crippen LogP contribution is -2.42. The van der Waals surface area contributed by atoms with Gasteiger partial charge in [-0.05, 0) is 13.3 Å². The standard InChI is InChI=1S/C18H24N6O5S2/c1-5-7-24-15(11-6-8-31(28,29)9-11)20-21-17(24)30-10(2)13(25)12-14(19)22(3)18(27)23(4)16(12)26/h5,10-11H,1,6-9,19H2,2-4H3/t10-,11+/m0/s1. The Kier molecular flexibility index (Phi) is 6.28. The van der Waals surface area contributed by atoms with Crippen molar-refractivity contribution in [3.8, 4) is 0 Å². The first-order valence-corrected chi connectivity index (χ1v) is 12.2. The average molecular weight is 469 g/mol. The van der Waals surface area contributed by atoms with Crippen LogP contribution in [-0.4, -0.2) is 54.9 Å². The van der Waals surface area contributed by atoms with Crippen LogP contribution in [-0.2, 0) is 30.5 Å². The highest BCUT2D eigenvalue weighted by atomic mass is 32.2. The first kappa shape index (κ1) is 23.0. The van der Waals surface area contributed by atoms with Gasteiger partial charge in [0.25, 0.3) is 5.56 Å². The van der Waals surface area contributed by atoms with Crippen LogP contribution in [0, 0.1) is 0 Å². The fourth-order valence-corrected chi connectivity index (χ4v) is 6.16. The first-order chi connectivity index (χ1) is 14.5. The number of thioether (sulfide) groups is 1. The molecule has 0 aliphatic carbocycles. The van der Waals surface area contributed by atoms with Crippen molar-refractivity contribution in [3.05, 3.63) is 44.9 Å². The van der Waals surface area contributed by atoms with Crippen LogP contribution in [0.1, 0.15) is 35.4 Å². The molecule has 0 aromatic carbocycles. The van der Waals surface area contributed by atoms with Crippen molar-refractivity contribution in [1.82, 2.24) is 23.9 Å². The number of hydrogen-bond acceptors (Lipinski definition) is 9. The van der Waals surface area contributed by atoms with Gasteiger partial charge < -0.3 is 10.3 Å². The summed E-state index contributed by atoms with van der Waals surface area (Å²) in [5.74, 6) is -0.381. The number of allylic oxidation sites excluding steroid dienone is 1. The van der Waals surface area contributed by atoms with E-state index in [1.165, 1.54) is 14.1 Å². The lowest BCUT2D eigenvalue weighted by Gasteiger charge is -2.15. The Labute approximate surface area is 182 Å². The van der Waals surface area contributed by atoms with Crippen molar-refractivity contribution in [2.45, 2.75) is 36.2 Å². The van der Waals surface area contributed by atoms with E-state index in [-0.39, 0.29) is 28.8 Å². The average Bonchev–Trinajstić information content (AvgIpc) is 3.27. The molecule has 13 heteroatoms. The molecule has 0 unspecified atom stereocenters. The number of sulfone groups is 1. The molecule has 1 aliphatic heterocycles. The molecule has 3 rings (SSSR count). The third-order valence-corrected chi connectivity index (χ3v) is 8.11. The number of ketones is 1. The summed E-state index contributed by atoms with van der Waals surface area (Å²) in [5, 5.41) is 7.96. The predicted molar refractivity (Wildman–Crippen MR) is 117 cm³/mol. The zero-order valence-electron chi connectivity index (χ0n) is 17.4. The molecule has 0 amide bonds. The maximum Gasteiger partial charge on any atom is 0.332 e. The van der Waals surface area contributed by atoms with E-state index in [0.29, 0.717) is 23.9 Å². The van der Waals surface area contributed by atoms with Crippen molar-refractivity contribution in [2.24, 2.45) is 14.1 Å². The number of hydrogen-bond donors (Lipinski definition) is 1. The summed E-state index contributed by atoms with van der Waals surface area (Å²) in [4.78, 5) is 37.5. The van der Waals surface area contributed by atoms with Crippen LogP contribution in [0.3, 0.4) is 0 Å². The summed E-state index contributed by atoms with van der Waals surface area (Å²) in [6.07, 6.45) is 2.09. The Morgan fingerprint density at radius 3 is 2.58 bits per heavy atom. The van der Waals surface area contributed by atoms with Crippen LogP contribution in [0.2, 0.25) is 0 Å². The monoisotopic (exact) mass is 468 g/mol. The summed E-state index contributed by atoms with van der Waals surface area (Å²) < 4.78 is 27.3. The zero-order valence-corrected chi connectivity index (χ0v) is 19.1. The van der Waals surface area contributed by atoms with Crippen molar-refractivity contribution >= 4 is 33.2 Å². The van der Waals surface area contributed by atoms with Crippen molar-refractivity contribution in [3.63, 3.8) is 0 Å². The van der Waals surface area contributed by atoms with E-state index in [0.717, 1.165) is 20.9 Å². The molecule has 0 bridgehead atoms. The molecule has 3 heterocycles. The van der Waals surface area contributed by atoms with E-state index in [4.69, 9.17) is 5.73 Å². The maximum atomic E-state index is 13.0. The van der Waals surface area contributed by atoms with Crippen LogP contribution in [0.4, 0.5) is 5.82 Å². The Morgan fingerprint density at radius 2 is 2.00 bits per heavy atom. The van der Waals surface area contributed by atoms with Crippen molar-refractivity contribution in [2.75, 3.05) is 17.2 Å². The summed E-state index contributed by atoms with van der Waals surface area (Å²) in [7, 11) is -0.444. The quantitative estimate of drug-likeness (QED) is 0.328. The van der Waals surface area contributed by atoms with E-state index in [1.807, 2.05) is 0 Å². The van der Waals surface area contributed by atoms with Crippen LogP contribution in [0.15, 0.2) is 27.4 Å². The Hall–Kier alpha value is -2.67. The number of aromatic nitrogens is 5. The summed E-state index contributed by atoms with van der Waals surface area (Å²) in [6.45, 7) is 5.66. The topological polar surface area (TPSA) is 152 Å². The second-order valence-electron chi connectivity index (χ2n) is 7.43. The van der Waals surface area contributed by atoms with Gasteiger partial charge >= 0.3 is 5.69 Å². The number of rotatable bonds is 7. The normalized spacial score (nSPS) is 18.7. The minimum atomic E-state index is -3.11. The number of nitrogens with two attached hydrogens (primary N) is 1. The number of nitrogens with zero attached hydrogens (tertiary/aromatic N) is 5. The number of nitrogen functional groups attached to an aromatic ring is 1. The second-order valence-corrected chi connectivity index (χ2v) is 11.0. The highest BCUT2D eigenvalue weighted by Gasteiger charge is 2.34. The number of carbonyl (C=O) groups is 1. The molecule has 0 saturated carbocycles. The molecule has 2 aromatic heterocycles. The van der Waals surface area contributed by atoms with Gasteiger partial charge in [-0.15, -0.1) is 16.8 Å². The van der Waals surface area contributed by atoms with Gasteiger partial charge in [-0.3, -0.25) is 18.7 Å². The fraction of sp³-hybridized carbons (Fsp3) is 0.500. The van der Waals surface area contributed by atoms with Gasteiger partial charge in [0.15, 0.2) is 20.8 Å². The maximum absolute atomic E-state index is 13.0. The van der Waals surface area contributed by atoms with Crippen molar-refractivity contribution in [1.29, 1.82) is 0 Å². The van der Waals surface area contributed by atoms with Gasteiger partial charge in [0, 0.05) is 26.6 Å². The number of Topliss-reactive ketones (excluding diaryl/α,β-unsaturated/α-hetero) is 1. The molecule has 2 aromatic rings. The summed E-state index contributed by atoms with van der Waals surface area (Å²) >= 11 is 1.08. The summed E-state index contributed by atoms with van der Waals surface area (Å²) in [5.41, 5.74) is 4.24. The van der Waals surface area contributed by atoms with Gasteiger partial charge in [-0.25, -0.2) is 13.2 Å².